The molecule has 5 heterocycles. The molecule has 3 aromatic heterocycles. The van der Waals surface area contributed by atoms with Gasteiger partial charge in [0.05, 0.1) is 54.2 Å². The molecule has 1 saturated heterocycles. The number of anilines is 1. The maximum Gasteiger partial charge on any atom is 0.336 e. The monoisotopic (exact) mass is 810 g/mol. The van der Waals surface area contributed by atoms with Gasteiger partial charge in [-0.05, 0) is 107 Å². The number of benzene rings is 3. The predicted molar refractivity (Wildman–Crippen MR) is 225 cm³/mol. The molecular weight excluding hydrogens is 763 g/mol. The van der Waals surface area contributed by atoms with Gasteiger partial charge in [-0.15, -0.1) is 0 Å². The zero-order valence-electron chi connectivity index (χ0n) is 33.2. The van der Waals surface area contributed by atoms with Gasteiger partial charge >= 0.3 is 5.97 Å². The van der Waals surface area contributed by atoms with E-state index in [-0.39, 0.29) is 17.5 Å². The highest BCUT2D eigenvalue weighted by molar-refractivity contribution is 6.32. The number of amides is 1. The number of hydrogen-bond donors (Lipinski definition) is 1. The molecular formula is C44H48Cl2N6O5. The lowest BCUT2D eigenvalue weighted by molar-refractivity contribution is 0.0365. The molecule has 11 nitrogen and oxygen atoms in total. The van der Waals surface area contributed by atoms with E-state index in [4.69, 9.17) is 37.8 Å². The summed E-state index contributed by atoms with van der Waals surface area (Å²) in [6.07, 6.45) is 1.24. The van der Waals surface area contributed by atoms with Gasteiger partial charge in [0.1, 0.15) is 17.3 Å². The summed E-state index contributed by atoms with van der Waals surface area (Å²) in [5.41, 5.74) is 8.03. The van der Waals surface area contributed by atoms with Crippen molar-refractivity contribution in [1.82, 2.24) is 23.8 Å². The lowest BCUT2D eigenvalue weighted by atomic mass is 9.92. The Labute approximate surface area is 342 Å². The Morgan fingerprint density at radius 1 is 0.965 bits per heavy atom. The number of aromatic nitrogens is 4. The van der Waals surface area contributed by atoms with Crippen LogP contribution in [0.2, 0.25) is 10.0 Å². The van der Waals surface area contributed by atoms with Crippen molar-refractivity contribution in [3.05, 3.63) is 110 Å². The molecule has 8 rings (SSSR count). The number of hydrogen-bond acceptors (Lipinski definition) is 6. The van der Waals surface area contributed by atoms with Crippen LogP contribution in [0.4, 0.5) is 5.82 Å². The highest BCUT2D eigenvalue weighted by Crippen LogP contribution is 2.48. The number of carbonyl (C=O) groups is 2. The van der Waals surface area contributed by atoms with E-state index in [1.807, 2.05) is 86.8 Å². The summed E-state index contributed by atoms with van der Waals surface area (Å²) in [5.74, 6) is 0.224. The normalized spacial score (nSPS) is 17.5. The van der Waals surface area contributed by atoms with Crippen molar-refractivity contribution >= 4 is 62.7 Å². The zero-order valence-corrected chi connectivity index (χ0v) is 34.7. The van der Waals surface area contributed by atoms with Crippen LogP contribution < -0.4 is 9.64 Å². The van der Waals surface area contributed by atoms with Gasteiger partial charge in [0.25, 0.3) is 5.91 Å². The third-order valence-corrected chi connectivity index (χ3v) is 12.7. The number of aryl methyl sites for hydroxylation is 5. The average molecular weight is 812 g/mol. The van der Waals surface area contributed by atoms with Gasteiger partial charge in [0, 0.05) is 65.3 Å². The van der Waals surface area contributed by atoms with E-state index in [2.05, 4.69) is 21.0 Å². The number of halogens is 2. The standard InChI is InChI=1S/C44H48Cl2N6O5/c1-25-21-31(22-26(2)40(25)46)57-18-8-10-33-32-13-12-30(45)23-37(32)51-29(5)41(39-27(3)47-48(6)28(39)4)52(43(53)42(33)51)38-24-35-34(44(54)55)9-7-11-36(35)50(38)15-14-49-16-19-56-20-17-49/h7,9,11-13,21-24,29,41H,8,10,14-20H2,1-6H3,(H,54,55)/t29?,41-/m0/s1. The van der Waals surface area contributed by atoms with Crippen LogP contribution in [0.1, 0.15) is 79.9 Å². The molecule has 3 aromatic carbocycles. The largest absolute Gasteiger partial charge is 0.494 e. The van der Waals surface area contributed by atoms with Crippen LogP contribution in [0.25, 0.3) is 21.8 Å². The Bertz CT molecular complexity index is 2520. The first-order valence-corrected chi connectivity index (χ1v) is 20.3. The van der Waals surface area contributed by atoms with Gasteiger partial charge < -0.3 is 23.7 Å². The fourth-order valence-corrected chi connectivity index (χ4v) is 9.35. The second kappa shape index (κ2) is 15.5. The summed E-state index contributed by atoms with van der Waals surface area (Å²) in [4.78, 5) is 32.7. The van der Waals surface area contributed by atoms with E-state index >= 15 is 4.79 Å². The first-order chi connectivity index (χ1) is 27.3. The van der Waals surface area contributed by atoms with Crippen molar-refractivity contribution in [2.45, 2.75) is 66.1 Å². The second-order valence-electron chi connectivity index (χ2n) is 15.4. The third-order valence-electron chi connectivity index (χ3n) is 11.9. The number of ether oxygens (including phenoxy) is 2. The summed E-state index contributed by atoms with van der Waals surface area (Å²) < 4.78 is 18.0. The molecule has 2 aliphatic heterocycles. The van der Waals surface area contributed by atoms with E-state index in [0.717, 1.165) is 73.9 Å². The van der Waals surface area contributed by atoms with Gasteiger partial charge in [-0.2, -0.15) is 5.10 Å². The Hall–Kier alpha value is -4.81. The molecule has 1 unspecified atom stereocenters. The number of carboxylic acids is 1. The topological polar surface area (TPSA) is 107 Å². The third kappa shape index (κ3) is 6.88. The summed E-state index contributed by atoms with van der Waals surface area (Å²) >= 11 is 13.1. The molecule has 0 aliphatic carbocycles. The molecule has 13 heteroatoms. The molecule has 0 bridgehead atoms. The molecule has 57 heavy (non-hydrogen) atoms. The molecule has 0 saturated carbocycles. The number of nitrogens with zero attached hydrogens (tertiary/aromatic N) is 6. The molecule has 1 N–H and O–H groups in total. The van der Waals surface area contributed by atoms with E-state index in [1.165, 1.54) is 0 Å². The van der Waals surface area contributed by atoms with E-state index in [1.54, 1.807) is 12.1 Å². The molecule has 1 fully saturated rings. The fourth-order valence-electron chi connectivity index (χ4n) is 9.08. The van der Waals surface area contributed by atoms with Crippen LogP contribution >= 0.6 is 23.2 Å². The van der Waals surface area contributed by atoms with E-state index in [9.17, 15) is 9.90 Å². The Balaban J connectivity index is 1.29. The molecule has 0 spiro atoms. The van der Waals surface area contributed by atoms with Crippen LogP contribution in [-0.2, 0) is 24.8 Å². The lowest BCUT2D eigenvalue weighted by Crippen LogP contribution is -2.46. The maximum atomic E-state index is 15.8. The number of fused-ring (bicyclic) bond motifs is 4. The van der Waals surface area contributed by atoms with Gasteiger partial charge in [0.2, 0.25) is 0 Å². The SMILES string of the molecule is Cc1cc(OCCCc2c3n(c4cc(Cl)ccc24)C(C)[C@@H](c2c(C)nn(C)c2C)N(c2cc4c(C(=O)O)cccc4n2CCN2CCOCC2)C3=O)cc(C)c1Cl. The van der Waals surface area contributed by atoms with Gasteiger partial charge in [-0.1, -0.05) is 35.3 Å². The quantitative estimate of drug-likeness (QED) is 0.130. The summed E-state index contributed by atoms with van der Waals surface area (Å²) in [5, 5.41) is 18.1. The van der Waals surface area contributed by atoms with Crippen molar-refractivity contribution in [3.8, 4) is 5.75 Å². The molecule has 2 aliphatic rings. The minimum absolute atomic E-state index is 0.166. The molecule has 298 valence electrons. The number of carboxylic acid groups (broad SMARTS) is 1. The molecule has 2 atom stereocenters. The summed E-state index contributed by atoms with van der Waals surface area (Å²) in [6.45, 7) is 14.7. The van der Waals surface area contributed by atoms with E-state index < -0.39 is 12.0 Å². The molecule has 1 amide bonds. The molecule has 6 aromatic rings. The average Bonchev–Trinajstić information content (AvgIpc) is 3.80. The first-order valence-electron chi connectivity index (χ1n) is 19.6. The van der Waals surface area contributed by atoms with Crippen molar-refractivity contribution < 1.29 is 24.2 Å². The van der Waals surface area contributed by atoms with Crippen molar-refractivity contribution in [3.63, 3.8) is 0 Å². The first kappa shape index (κ1) is 39.0. The van der Waals surface area contributed by atoms with Crippen LogP contribution in [0.15, 0.2) is 54.6 Å². The van der Waals surface area contributed by atoms with Crippen molar-refractivity contribution in [2.24, 2.45) is 7.05 Å². The highest BCUT2D eigenvalue weighted by Gasteiger charge is 2.45. The number of rotatable bonds is 11. The van der Waals surface area contributed by atoms with Gasteiger partial charge in [-0.25, -0.2) is 4.79 Å². The van der Waals surface area contributed by atoms with Crippen LogP contribution in [-0.4, -0.2) is 80.3 Å². The maximum absolute atomic E-state index is 15.8. The second-order valence-corrected chi connectivity index (χ2v) is 16.2. The van der Waals surface area contributed by atoms with Gasteiger partial charge in [-0.3, -0.25) is 19.3 Å². The zero-order chi connectivity index (χ0) is 40.3. The number of morpholine rings is 1. The smallest absolute Gasteiger partial charge is 0.336 e. The van der Waals surface area contributed by atoms with E-state index in [0.29, 0.717) is 67.7 Å². The lowest BCUT2D eigenvalue weighted by Gasteiger charge is -2.42. The minimum atomic E-state index is -1.02. The Morgan fingerprint density at radius 2 is 1.70 bits per heavy atom. The predicted octanol–water partition coefficient (Wildman–Crippen LogP) is 8.87. The minimum Gasteiger partial charge on any atom is -0.494 e. The van der Waals surface area contributed by atoms with Crippen LogP contribution in [0.3, 0.4) is 0 Å². The fraction of sp³-hybridized carbons (Fsp3) is 0.386. The number of aromatic carboxylic acids is 1. The van der Waals surface area contributed by atoms with Gasteiger partial charge in [0.15, 0.2) is 0 Å². The Morgan fingerprint density at radius 3 is 2.39 bits per heavy atom. The number of carbonyl (C=O) groups excluding carboxylic acids is 1. The highest BCUT2D eigenvalue weighted by atomic mass is 35.5. The van der Waals surface area contributed by atoms with Crippen molar-refractivity contribution in [1.29, 1.82) is 0 Å². The van der Waals surface area contributed by atoms with Crippen molar-refractivity contribution in [2.75, 3.05) is 44.4 Å². The summed E-state index contributed by atoms with van der Waals surface area (Å²) in [7, 11) is 1.92. The molecule has 0 radical (unpaired) electrons. The van der Waals surface area contributed by atoms with Crippen LogP contribution in [0.5, 0.6) is 5.75 Å². The van der Waals surface area contributed by atoms with Crippen LogP contribution in [0, 0.1) is 27.7 Å². The summed E-state index contributed by atoms with van der Waals surface area (Å²) in [6, 6.07) is 16.3. The Kier molecular flexibility index (Phi) is 10.6.